The Hall–Kier alpha value is -18.4. The third-order valence-corrected chi connectivity index (χ3v) is 8.47. The average molecular weight is 1180 g/mol. The number of benzene rings is 2. The van der Waals surface area contributed by atoms with Gasteiger partial charge >= 0.3 is 0 Å². The fourth-order valence-electron chi connectivity index (χ4n) is 4.57. The number of fused-ring (bicyclic) bond motifs is 1. The van der Waals surface area contributed by atoms with E-state index in [2.05, 4.69) is 436 Å². The first kappa shape index (κ1) is 71.7. The summed E-state index contributed by atoms with van der Waals surface area (Å²) in [5.74, 6) is 178. The zero-order chi connectivity index (χ0) is 67.1. The van der Waals surface area contributed by atoms with E-state index in [0.717, 1.165) is 27.7 Å². The van der Waals surface area contributed by atoms with E-state index in [9.17, 15) is 8.42 Å². The first-order valence-electron chi connectivity index (χ1n) is 24.6. The summed E-state index contributed by atoms with van der Waals surface area (Å²) in [5.41, 5.74) is 4.45. The molecule has 0 unspecified atom stereocenters. The molecule has 0 aliphatic heterocycles. The predicted molar refractivity (Wildman–Crippen MR) is 370 cm³/mol. The summed E-state index contributed by atoms with van der Waals surface area (Å²) in [7, 11) is -3.08. The molecule has 5 heteroatoms. The van der Waals surface area contributed by atoms with Crippen molar-refractivity contribution in [3.63, 3.8) is 0 Å². The summed E-state index contributed by atoms with van der Waals surface area (Å²) in [6.45, 7) is 0. The van der Waals surface area contributed by atoms with Crippen LogP contribution in [-0.4, -0.2) is 24.6 Å². The van der Waals surface area contributed by atoms with Gasteiger partial charge in [-0.25, -0.2) is 13.4 Å². The van der Waals surface area contributed by atoms with Crippen molar-refractivity contribution < 1.29 is 8.42 Å². The highest BCUT2D eigenvalue weighted by molar-refractivity contribution is 7.89. The number of nitrogens with one attached hydrogen (secondary N) is 1. The summed E-state index contributed by atoms with van der Waals surface area (Å²) in [4.78, 5) is 7.40. The molecule has 0 saturated heterocycles. The van der Waals surface area contributed by atoms with E-state index in [1.165, 1.54) is 6.26 Å². The summed E-state index contributed by atoms with van der Waals surface area (Å²) in [6.07, 6.45) is 12.8. The second-order valence-electron chi connectivity index (χ2n) is 13.9. The first-order chi connectivity index (χ1) is 46.5. The topological polar surface area (TPSA) is 62.8 Å². The highest BCUT2D eigenvalue weighted by atomic mass is 32.2. The average Bonchev–Trinajstić information content (AvgIpc) is 1.49. The van der Waals surface area contributed by atoms with E-state index in [4.69, 9.17) is 12.8 Å². The molecule has 0 atom stereocenters. The van der Waals surface area contributed by atoms with Crippen LogP contribution in [0.2, 0.25) is 0 Å². The van der Waals surface area contributed by atoms with E-state index in [-0.39, 0.29) is 5.75 Å². The number of sulfone groups is 1. The van der Waals surface area contributed by atoms with E-state index in [1.807, 2.05) is 42.5 Å². The van der Waals surface area contributed by atoms with Gasteiger partial charge in [0, 0.05) is 343 Å². The maximum atomic E-state index is 11.6. The van der Waals surface area contributed by atoms with Gasteiger partial charge in [0.15, 0.2) is 9.84 Å². The lowest BCUT2D eigenvalue weighted by molar-refractivity contribution is 0.601. The Balaban J connectivity index is 0.00000125. The molecule has 400 valence electrons. The smallest absolute Gasteiger partial charge is 0.151 e. The highest BCUT2D eigenvalue weighted by Gasteiger charge is 2.13. The number of terminal acetylenes is 2. The van der Waals surface area contributed by atoms with Crippen LogP contribution in [0.5, 0.6) is 0 Å². The number of hydrogen-bond donors (Lipinski definition) is 1. The summed E-state index contributed by atoms with van der Waals surface area (Å²) in [5, 5.41) is 0. The van der Waals surface area contributed by atoms with Crippen LogP contribution in [0.3, 0.4) is 0 Å². The van der Waals surface area contributed by atoms with E-state index < -0.39 is 9.84 Å². The van der Waals surface area contributed by atoms with Crippen LogP contribution < -0.4 is 0 Å². The molecule has 1 aromatic heterocycles. The van der Waals surface area contributed by atoms with Crippen LogP contribution in [0.15, 0.2) is 48.8 Å². The fourth-order valence-corrected chi connectivity index (χ4v) is 5.39. The maximum absolute atomic E-state index is 11.6. The Morgan fingerprint density at radius 3 is 0.670 bits per heavy atom. The minimum atomic E-state index is -3.08. The molecule has 0 radical (unpaired) electrons. The van der Waals surface area contributed by atoms with Crippen LogP contribution in [0.4, 0.5) is 0 Å². The molecule has 1 heterocycles. The van der Waals surface area contributed by atoms with Gasteiger partial charge < -0.3 is 4.98 Å². The molecular formula is C89H16N2O2S. The zero-order valence-electron chi connectivity index (χ0n) is 48.2. The standard InChI is InChI=1S/C74H2.C15H14N2O2S/c1-3-5-7-9-11-13-15-17-19-21-23-25-27-29-31-33-35-37-39-41-43-45-47-49-51-53-55-57-59-61-63-65-67-69-71-73-74-72-70-68-66-64-62-60-58-56-54-52-50-48-46-44-42-40-38-36-34-32-30-28-26-24-22-20-18-16-14-12-10-8-6-4-2;1-20(18,19)9-11-5-2-3-6-12(11)13-7-4-8-14-15(13)17-10-16-14/h1-2H;2-8,10H,9H2,1H3,(H,16,17). The molecule has 3 aromatic rings. The maximum Gasteiger partial charge on any atom is 0.151 e. The zero-order valence-corrected chi connectivity index (χ0v) is 49.0. The SMILES string of the molecule is C#CC#CC#CC#CC#CC#CC#CC#CC#CC#CC#CC#CC#CC#CC#CC#CC#CC#CC#CC#CC#CC#CC#CC#CC#CC#CC#CC#CC#CC#CC#CC#CC#CC#CC#CC#CC#C.CS(=O)(=O)Cc1ccccc1-c1cccc2[nH]cnc12. The fraction of sp³-hybridized carbons (Fsp3) is 0.0225. The Morgan fingerprint density at radius 2 is 0.468 bits per heavy atom. The summed E-state index contributed by atoms with van der Waals surface area (Å²) >= 11 is 0. The van der Waals surface area contributed by atoms with Gasteiger partial charge in [0.1, 0.15) is 0 Å². The normalized spacial score (nSPS) is 5.61. The summed E-state index contributed by atoms with van der Waals surface area (Å²) < 4.78 is 23.2. The molecule has 0 aliphatic carbocycles. The second kappa shape index (κ2) is 55.1. The van der Waals surface area contributed by atoms with Gasteiger partial charge in [-0.3, -0.25) is 0 Å². The molecule has 1 N–H and O–H groups in total. The summed E-state index contributed by atoms with van der Waals surface area (Å²) in [6, 6.07) is 13.4. The number of H-pyrrole nitrogens is 1. The van der Waals surface area contributed by atoms with Crippen molar-refractivity contribution in [1.29, 1.82) is 0 Å². The molecule has 0 saturated carbocycles. The number of nitrogens with zero attached hydrogens (tertiary/aromatic N) is 1. The van der Waals surface area contributed by atoms with Crippen molar-refractivity contribution in [2.24, 2.45) is 0 Å². The van der Waals surface area contributed by atoms with Crippen LogP contribution in [0, 0.1) is 439 Å². The molecule has 4 nitrogen and oxygen atoms in total. The van der Waals surface area contributed by atoms with Crippen molar-refractivity contribution in [2.75, 3.05) is 6.26 Å². The largest absolute Gasteiger partial charge is 0.345 e. The van der Waals surface area contributed by atoms with E-state index >= 15 is 0 Å². The number of para-hydroxylation sites is 1. The van der Waals surface area contributed by atoms with Gasteiger partial charge in [-0.2, -0.15) is 0 Å². The number of imidazole rings is 1. The quantitative estimate of drug-likeness (QED) is 0.411. The van der Waals surface area contributed by atoms with Gasteiger partial charge in [0.05, 0.1) is 23.1 Å². The third-order valence-electron chi connectivity index (χ3n) is 7.63. The van der Waals surface area contributed by atoms with Gasteiger partial charge in [-0.05, 0) is 112 Å². The van der Waals surface area contributed by atoms with Gasteiger partial charge in [-0.1, -0.05) is 36.4 Å². The number of aromatic amines is 1. The van der Waals surface area contributed by atoms with Crippen molar-refractivity contribution in [3.8, 4) is 450 Å². The molecule has 0 bridgehead atoms. The Labute approximate surface area is 552 Å². The lowest BCUT2D eigenvalue weighted by Gasteiger charge is -2.09. The van der Waals surface area contributed by atoms with Crippen LogP contribution >= 0.6 is 0 Å². The number of rotatable bonds is 3. The van der Waals surface area contributed by atoms with Gasteiger partial charge in [0.25, 0.3) is 0 Å². The van der Waals surface area contributed by atoms with E-state index in [1.54, 1.807) is 6.33 Å². The molecule has 2 aromatic carbocycles. The van der Waals surface area contributed by atoms with Crippen LogP contribution in [0.1, 0.15) is 5.56 Å². The third kappa shape index (κ3) is 45.2. The second-order valence-corrected chi connectivity index (χ2v) is 16.0. The lowest BCUT2D eigenvalue weighted by Crippen LogP contribution is -2.02. The minimum Gasteiger partial charge on any atom is -0.345 e. The lowest BCUT2D eigenvalue weighted by atomic mass is 9.99. The minimum absolute atomic E-state index is 0.0317. The molecular weight excluding hydrogens is 1160 g/mol. The number of hydrogen-bond acceptors (Lipinski definition) is 3. The molecule has 0 aliphatic rings. The van der Waals surface area contributed by atoms with Crippen LogP contribution in [-0.2, 0) is 15.6 Å². The molecule has 94 heavy (non-hydrogen) atoms. The van der Waals surface area contributed by atoms with Crippen molar-refractivity contribution in [1.82, 2.24) is 9.97 Å². The monoisotopic (exact) mass is 1180 g/mol. The molecule has 0 fully saturated rings. The van der Waals surface area contributed by atoms with Gasteiger partial charge in [0.2, 0.25) is 0 Å². The molecule has 3 rings (SSSR count). The highest BCUT2D eigenvalue weighted by Crippen LogP contribution is 2.30. The Morgan fingerprint density at radius 1 is 0.277 bits per heavy atom. The predicted octanol–water partition coefficient (Wildman–Crippen LogP) is 3.15. The van der Waals surface area contributed by atoms with Crippen molar-refractivity contribution in [3.05, 3.63) is 54.4 Å². The van der Waals surface area contributed by atoms with Crippen LogP contribution in [0.25, 0.3) is 22.2 Å². The Kier molecular flexibility index (Phi) is 42.0. The molecule has 0 amide bonds. The number of aromatic nitrogens is 2. The van der Waals surface area contributed by atoms with Crippen molar-refractivity contribution >= 4 is 20.9 Å². The molecule has 0 spiro atoms. The first-order valence-corrected chi connectivity index (χ1v) is 26.6. The van der Waals surface area contributed by atoms with Gasteiger partial charge in [-0.15, -0.1) is 12.8 Å². The van der Waals surface area contributed by atoms with Crippen molar-refractivity contribution in [2.45, 2.75) is 5.75 Å². The Bertz CT molecular complexity index is 6050. The van der Waals surface area contributed by atoms with E-state index in [0.29, 0.717) is 0 Å².